The molecular weight excluding hydrogens is 316 g/mol. The van der Waals surface area contributed by atoms with E-state index in [-0.39, 0.29) is 29.2 Å². The highest BCUT2D eigenvalue weighted by Gasteiger charge is 2.53. The van der Waals surface area contributed by atoms with E-state index in [1.54, 1.807) is 0 Å². The molecule has 25 heavy (non-hydrogen) atoms. The van der Waals surface area contributed by atoms with Crippen LogP contribution in [0.15, 0.2) is 24.3 Å². The van der Waals surface area contributed by atoms with E-state index in [1.165, 1.54) is 20.8 Å². The van der Waals surface area contributed by atoms with Gasteiger partial charge in [0.1, 0.15) is 17.3 Å². The lowest BCUT2D eigenvalue weighted by molar-refractivity contribution is -0.151. The molecule has 1 saturated carbocycles. The summed E-state index contributed by atoms with van der Waals surface area (Å²) < 4.78 is 0. The van der Waals surface area contributed by atoms with Crippen molar-refractivity contribution in [2.24, 2.45) is 11.8 Å². The number of carbonyl (C=O) groups excluding carboxylic acids is 3. The summed E-state index contributed by atoms with van der Waals surface area (Å²) in [5, 5.41) is 10.7. The van der Waals surface area contributed by atoms with Crippen molar-refractivity contribution >= 4 is 17.3 Å². The highest BCUT2D eigenvalue weighted by atomic mass is 16.3. The van der Waals surface area contributed by atoms with Crippen molar-refractivity contribution in [1.29, 1.82) is 0 Å². The van der Waals surface area contributed by atoms with Gasteiger partial charge >= 0.3 is 0 Å². The van der Waals surface area contributed by atoms with Gasteiger partial charge in [0.2, 0.25) is 0 Å². The number of Topliss-reactive ketones (excluding diaryl/α,β-unsaturated/α-hetero) is 3. The summed E-state index contributed by atoms with van der Waals surface area (Å²) in [6.07, 6.45) is -0.169. The van der Waals surface area contributed by atoms with Gasteiger partial charge in [0, 0.05) is 12.3 Å². The van der Waals surface area contributed by atoms with Crippen LogP contribution in [-0.4, -0.2) is 28.1 Å². The summed E-state index contributed by atoms with van der Waals surface area (Å²) in [4.78, 5) is 37.0. The maximum absolute atomic E-state index is 12.5. The van der Waals surface area contributed by atoms with E-state index in [0.717, 1.165) is 11.1 Å². The summed E-state index contributed by atoms with van der Waals surface area (Å²) in [5.74, 6) is -3.03. The molecule has 0 saturated heterocycles. The second-order valence-electron chi connectivity index (χ2n) is 8.57. The number of rotatable bonds is 3. The van der Waals surface area contributed by atoms with Crippen LogP contribution in [0.25, 0.3) is 0 Å². The predicted octanol–water partition coefficient (Wildman–Crippen LogP) is 3.20. The Morgan fingerprint density at radius 2 is 1.60 bits per heavy atom. The Kier molecular flexibility index (Phi) is 5.06. The molecule has 0 aromatic heterocycles. The zero-order valence-corrected chi connectivity index (χ0v) is 15.9. The fourth-order valence-corrected chi connectivity index (χ4v) is 4.11. The highest BCUT2D eigenvalue weighted by molar-refractivity contribution is 6.05. The minimum atomic E-state index is -1.44. The van der Waals surface area contributed by atoms with Crippen molar-refractivity contribution in [3.63, 3.8) is 0 Å². The third kappa shape index (κ3) is 3.74. The molecule has 4 heteroatoms. The average molecular weight is 344 g/mol. The zero-order chi connectivity index (χ0) is 19.2. The van der Waals surface area contributed by atoms with Crippen molar-refractivity contribution < 1.29 is 19.5 Å². The number of benzene rings is 1. The van der Waals surface area contributed by atoms with Gasteiger partial charge in [0.05, 0.1) is 17.4 Å². The molecule has 1 fully saturated rings. The van der Waals surface area contributed by atoms with Crippen molar-refractivity contribution in [3.05, 3.63) is 35.4 Å². The topological polar surface area (TPSA) is 71.4 Å². The first-order valence-corrected chi connectivity index (χ1v) is 8.72. The van der Waals surface area contributed by atoms with E-state index >= 15 is 0 Å². The Morgan fingerprint density at radius 3 is 2.00 bits per heavy atom. The standard InChI is InChI=1S/C21H28O4/c1-12(22)17-16(24)11-21(6,25)19(13(2)23)18(17)14-7-9-15(10-8-14)20(3,4)5/h7-10,17-19,25H,11H2,1-6H3/t17-,18-,19-,21-/m0/s1. The van der Waals surface area contributed by atoms with E-state index in [9.17, 15) is 19.5 Å². The van der Waals surface area contributed by atoms with Gasteiger partial charge in [-0.05, 0) is 37.3 Å². The van der Waals surface area contributed by atoms with E-state index < -0.39 is 23.4 Å². The second-order valence-corrected chi connectivity index (χ2v) is 8.57. The maximum Gasteiger partial charge on any atom is 0.146 e. The van der Waals surface area contributed by atoms with Gasteiger partial charge in [-0.1, -0.05) is 45.0 Å². The fourth-order valence-electron chi connectivity index (χ4n) is 4.11. The molecule has 0 aliphatic heterocycles. The van der Waals surface area contributed by atoms with Gasteiger partial charge in [-0.25, -0.2) is 0 Å². The summed E-state index contributed by atoms with van der Waals surface area (Å²) in [5.41, 5.74) is 0.417. The predicted molar refractivity (Wildman–Crippen MR) is 96.5 cm³/mol. The van der Waals surface area contributed by atoms with Gasteiger partial charge < -0.3 is 5.11 Å². The Balaban J connectivity index is 2.59. The molecule has 1 N–H and O–H groups in total. The number of hydrogen-bond acceptors (Lipinski definition) is 4. The Morgan fingerprint density at radius 1 is 1.08 bits per heavy atom. The third-order valence-electron chi connectivity index (χ3n) is 5.30. The first-order chi connectivity index (χ1) is 11.4. The van der Waals surface area contributed by atoms with Crippen molar-refractivity contribution in [3.8, 4) is 0 Å². The fraction of sp³-hybridized carbons (Fsp3) is 0.571. The molecule has 2 rings (SSSR count). The quantitative estimate of drug-likeness (QED) is 0.855. The van der Waals surface area contributed by atoms with Crippen LogP contribution in [0.4, 0.5) is 0 Å². The molecule has 4 atom stereocenters. The highest BCUT2D eigenvalue weighted by Crippen LogP contribution is 2.46. The molecule has 0 spiro atoms. The van der Waals surface area contributed by atoms with E-state index in [1.807, 2.05) is 24.3 Å². The van der Waals surface area contributed by atoms with Gasteiger partial charge in [-0.15, -0.1) is 0 Å². The molecule has 0 amide bonds. The molecule has 4 nitrogen and oxygen atoms in total. The van der Waals surface area contributed by atoms with Crippen molar-refractivity contribution in [1.82, 2.24) is 0 Å². The van der Waals surface area contributed by atoms with Crippen LogP contribution in [-0.2, 0) is 19.8 Å². The summed E-state index contributed by atoms with van der Waals surface area (Å²) in [7, 11) is 0. The van der Waals surface area contributed by atoms with Crippen LogP contribution >= 0.6 is 0 Å². The van der Waals surface area contributed by atoms with Gasteiger partial charge in [-0.3, -0.25) is 14.4 Å². The van der Waals surface area contributed by atoms with Gasteiger partial charge in [-0.2, -0.15) is 0 Å². The molecule has 0 radical (unpaired) electrons. The average Bonchev–Trinajstić information content (AvgIpc) is 2.43. The number of carbonyl (C=O) groups is 3. The van der Waals surface area contributed by atoms with Crippen LogP contribution in [0.1, 0.15) is 65.0 Å². The molecule has 1 aromatic carbocycles. The minimum absolute atomic E-state index is 0.0215. The summed E-state index contributed by atoms with van der Waals surface area (Å²) >= 11 is 0. The van der Waals surface area contributed by atoms with Gasteiger partial charge in [0.25, 0.3) is 0 Å². The van der Waals surface area contributed by atoms with Crippen LogP contribution < -0.4 is 0 Å². The molecule has 1 aliphatic carbocycles. The monoisotopic (exact) mass is 344 g/mol. The largest absolute Gasteiger partial charge is 0.389 e. The number of ketones is 3. The van der Waals surface area contributed by atoms with E-state index in [4.69, 9.17) is 0 Å². The van der Waals surface area contributed by atoms with Crippen LogP contribution in [0.3, 0.4) is 0 Å². The molecular formula is C21H28O4. The lowest BCUT2D eigenvalue weighted by atomic mass is 9.59. The van der Waals surface area contributed by atoms with Crippen LogP contribution in [0, 0.1) is 11.8 Å². The van der Waals surface area contributed by atoms with E-state index in [0.29, 0.717) is 0 Å². The second kappa shape index (κ2) is 6.49. The molecule has 1 aromatic rings. The van der Waals surface area contributed by atoms with Crippen LogP contribution in [0.5, 0.6) is 0 Å². The maximum atomic E-state index is 12.5. The first-order valence-electron chi connectivity index (χ1n) is 8.72. The normalized spacial score (nSPS) is 30.2. The minimum Gasteiger partial charge on any atom is -0.389 e. The smallest absolute Gasteiger partial charge is 0.146 e. The Bertz CT molecular complexity index is 692. The zero-order valence-electron chi connectivity index (χ0n) is 15.9. The lowest BCUT2D eigenvalue weighted by Crippen LogP contribution is -2.53. The van der Waals surface area contributed by atoms with Gasteiger partial charge in [0.15, 0.2) is 0 Å². The first kappa shape index (κ1) is 19.5. The van der Waals surface area contributed by atoms with Crippen LogP contribution in [0.2, 0.25) is 0 Å². The van der Waals surface area contributed by atoms with E-state index in [2.05, 4.69) is 20.8 Å². The Labute approximate surface area is 149 Å². The Hall–Kier alpha value is -1.81. The molecule has 136 valence electrons. The lowest BCUT2D eigenvalue weighted by Gasteiger charge is -2.44. The molecule has 0 heterocycles. The van der Waals surface area contributed by atoms with Crippen molar-refractivity contribution in [2.45, 2.75) is 64.9 Å². The molecule has 0 unspecified atom stereocenters. The molecule has 1 aliphatic rings. The SMILES string of the molecule is CC(=O)[C@H]1C(=O)C[C@](C)(O)[C@@H](C(C)=O)[C@H]1c1ccc(C(C)(C)C)cc1. The number of hydrogen-bond donors (Lipinski definition) is 1. The summed E-state index contributed by atoms with van der Waals surface area (Å²) in [6, 6.07) is 7.70. The van der Waals surface area contributed by atoms with Crippen molar-refractivity contribution in [2.75, 3.05) is 0 Å². The number of aliphatic hydroxyl groups is 1. The molecule has 0 bridgehead atoms. The summed E-state index contributed by atoms with van der Waals surface area (Å²) in [6.45, 7) is 10.6. The third-order valence-corrected chi connectivity index (χ3v) is 5.30.